The van der Waals surface area contributed by atoms with Crippen LogP contribution in [0.3, 0.4) is 0 Å². The fraction of sp³-hybridized carbons (Fsp3) is 0.242. The molecule has 2 N–H and O–H groups in total. The van der Waals surface area contributed by atoms with Crippen molar-refractivity contribution in [2.75, 3.05) is 18.5 Å². The van der Waals surface area contributed by atoms with Crippen molar-refractivity contribution >= 4 is 45.7 Å². The molecule has 1 saturated heterocycles. The van der Waals surface area contributed by atoms with E-state index in [4.69, 9.17) is 21.1 Å². The first-order valence-electron chi connectivity index (χ1n) is 14.2. The van der Waals surface area contributed by atoms with Crippen LogP contribution in [-0.4, -0.2) is 49.5 Å². The number of anilines is 1. The third-order valence-corrected chi connectivity index (χ3v) is 9.41. The molecule has 4 aromatic carbocycles. The van der Waals surface area contributed by atoms with Crippen LogP contribution >= 0.6 is 23.4 Å². The van der Waals surface area contributed by atoms with Gasteiger partial charge >= 0.3 is 0 Å². The molecule has 1 amide bonds. The summed E-state index contributed by atoms with van der Waals surface area (Å²) in [5, 5.41) is 20.4. The lowest BCUT2D eigenvalue weighted by Gasteiger charge is -2.37. The van der Waals surface area contributed by atoms with Gasteiger partial charge in [-0.15, -0.1) is 11.8 Å². The number of amides is 1. The minimum absolute atomic E-state index is 0.0308. The number of carbonyl (C=O) groups excluding carboxylic acids is 1. The van der Waals surface area contributed by atoms with E-state index in [1.54, 1.807) is 37.3 Å². The van der Waals surface area contributed by atoms with Gasteiger partial charge in [0.1, 0.15) is 29.9 Å². The zero-order valence-electron chi connectivity index (χ0n) is 24.1. The Hall–Kier alpha value is -3.87. The number of rotatable bonds is 9. The Bertz CT molecular complexity index is 1800. The molecule has 0 aliphatic carbocycles. The van der Waals surface area contributed by atoms with Crippen molar-refractivity contribution in [2.45, 2.75) is 35.9 Å². The second-order valence-electron chi connectivity index (χ2n) is 10.8. The Morgan fingerprint density at radius 2 is 1.80 bits per heavy atom. The summed E-state index contributed by atoms with van der Waals surface area (Å²) in [6.07, 6.45) is 2.16. The second-order valence-corrected chi connectivity index (χ2v) is 12.9. The standard InChI is InChI=1S/C33H29ClF2N4O4S/c1-20(33(42,17-40-19-37-18-38-40)29-11-8-26(35)14-30(29)36)45-28-15-43-32(44-16-28)24-5-3-21-12-23(4-2-22(21)13-24)31(41)39-27-9-6-25(34)7-10-27/h2-14,18-20,28,32,42H,15-17H2,1H3,(H,39,41). The summed E-state index contributed by atoms with van der Waals surface area (Å²) in [4.78, 5) is 16.7. The lowest BCUT2D eigenvalue weighted by atomic mass is 9.90. The quantitative estimate of drug-likeness (QED) is 0.182. The number of carbonyl (C=O) groups is 1. The number of aromatic nitrogens is 3. The Balaban J connectivity index is 1.10. The molecule has 2 heterocycles. The normalized spacial score (nSPS) is 18.8. The van der Waals surface area contributed by atoms with Crippen molar-refractivity contribution in [2.24, 2.45) is 0 Å². The average molecular weight is 651 g/mol. The monoisotopic (exact) mass is 650 g/mol. The highest BCUT2D eigenvalue weighted by Gasteiger charge is 2.41. The van der Waals surface area contributed by atoms with Crippen molar-refractivity contribution in [3.63, 3.8) is 0 Å². The van der Waals surface area contributed by atoms with Crippen LogP contribution < -0.4 is 5.32 Å². The van der Waals surface area contributed by atoms with Crippen molar-refractivity contribution in [3.8, 4) is 0 Å². The topological polar surface area (TPSA) is 98.5 Å². The molecule has 45 heavy (non-hydrogen) atoms. The van der Waals surface area contributed by atoms with Gasteiger partial charge in [-0.3, -0.25) is 4.79 Å². The lowest BCUT2D eigenvalue weighted by molar-refractivity contribution is -0.179. The first-order chi connectivity index (χ1) is 21.7. The molecule has 0 radical (unpaired) electrons. The van der Waals surface area contributed by atoms with Crippen molar-refractivity contribution < 1.29 is 28.2 Å². The van der Waals surface area contributed by atoms with Gasteiger partial charge in [-0.05, 0) is 59.3 Å². The highest BCUT2D eigenvalue weighted by molar-refractivity contribution is 8.00. The molecule has 1 aliphatic rings. The number of hydrogen-bond donors (Lipinski definition) is 2. The van der Waals surface area contributed by atoms with Gasteiger partial charge in [0, 0.05) is 38.7 Å². The van der Waals surface area contributed by atoms with Crippen LogP contribution in [0.2, 0.25) is 5.02 Å². The molecule has 5 aromatic rings. The third kappa shape index (κ3) is 7.03. The van der Waals surface area contributed by atoms with Crippen molar-refractivity contribution in [1.29, 1.82) is 0 Å². The van der Waals surface area contributed by atoms with E-state index in [0.717, 1.165) is 28.5 Å². The number of nitrogens with zero attached hydrogens (tertiary/aromatic N) is 3. The van der Waals surface area contributed by atoms with E-state index in [2.05, 4.69) is 15.4 Å². The first-order valence-corrected chi connectivity index (χ1v) is 15.5. The van der Waals surface area contributed by atoms with Crippen LogP contribution in [0.5, 0.6) is 0 Å². The maximum Gasteiger partial charge on any atom is 0.255 e. The molecule has 0 saturated carbocycles. The van der Waals surface area contributed by atoms with Crippen LogP contribution in [-0.2, 0) is 21.6 Å². The third-order valence-electron chi connectivity index (χ3n) is 7.70. The lowest BCUT2D eigenvalue weighted by Crippen LogP contribution is -2.43. The summed E-state index contributed by atoms with van der Waals surface area (Å²) in [6.45, 7) is 2.35. The SMILES string of the molecule is CC(SC1COC(c2ccc3cc(C(=O)Nc4ccc(Cl)cc4)ccc3c2)OC1)C(O)(Cn1cncn1)c1ccc(F)cc1F. The Morgan fingerprint density at radius 3 is 2.51 bits per heavy atom. The largest absolute Gasteiger partial charge is 0.382 e. The number of aliphatic hydroxyl groups is 1. The minimum atomic E-state index is -1.73. The molecular formula is C33H29ClF2N4O4S. The summed E-state index contributed by atoms with van der Waals surface area (Å²) in [6, 6.07) is 21.3. The molecule has 0 bridgehead atoms. The highest BCUT2D eigenvalue weighted by Crippen LogP contribution is 2.40. The molecule has 1 aromatic heterocycles. The van der Waals surface area contributed by atoms with Crippen molar-refractivity contribution in [1.82, 2.24) is 14.8 Å². The summed E-state index contributed by atoms with van der Waals surface area (Å²) >= 11 is 7.32. The van der Waals surface area contributed by atoms with Gasteiger partial charge < -0.3 is 19.9 Å². The summed E-state index contributed by atoms with van der Waals surface area (Å²) in [7, 11) is 0. The van der Waals surface area contributed by atoms with E-state index in [-0.39, 0.29) is 23.3 Å². The summed E-state index contributed by atoms with van der Waals surface area (Å²) < 4.78 is 42.1. The zero-order chi connectivity index (χ0) is 31.6. The average Bonchev–Trinajstić information content (AvgIpc) is 3.54. The molecule has 2 unspecified atom stereocenters. The Morgan fingerprint density at radius 1 is 1.07 bits per heavy atom. The molecule has 6 rings (SSSR count). The van der Waals surface area contributed by atoms with E-state index < -0.39 is 28.8 Å². The molecule has 232 valence electrons. The van der Waals surface area contributed by atoms with E-state index >= 15 is 0 Å². The molecule has 12 heteroatoms. The summed E-state index contributed by atoms with van der Waals surface area (Å²) in [5.74, 6) is -1.80. The van der Waals surface area contributed by atoms with Gasteiger partial charge in [0.25, 0.3) is 5.91 Å². The predicted molar refractivity (Wildman–Crippen MR) is 169 cm³/mol. The van der Waals surface area contributed by atoms with Gasteiger partial charge in [0.15, 0.2) is 6.29 Å². The number of ether oxygens (including phenoxy) is 2. The fourth-order valence-corrected chi connectivity index (χ4v) is 6.73. The zero-order valence-corrected chi connectivity index (χ0v) is 25.6. The highest BCUT2D eigenvalue weighted by atomic mass is 35.5. The Kier molecular flexibility index (Phi) is 9.16. The number of halogens is 3. The van der Waals surface area contributed by atoms with E-state index in [9.17, 15) is 18.7 Å². The maximum atomic E-state index is 14.9. The Labute approximate surface area is 267 Å². The van der Waals surface area contributed by atoms with Crippen LogP contribution in [0.25, 0.3) is 10.8 Å². The second kappa shape index (κ2) is 13.2. The van der Waals surface area contributed by atoms with E-state index in [0.29, 0.717) is 29.5 Å². The molecule has 0 spiro atoms. The van der Waals surface area contributed by atoms with Crippen LogP contribution in [0.1, 0.15) is 34.7 Å². The van der Waals surface area contributed by atoms with E-state index in [1.807, 2.05) is 30.3 Å². The molecule has 1 fully saturated rings. The predicted octanol–water partition coefficient (Wildman–Crippen LogP) is 6.74. The van der Waals surface area contributed by atoms with Crippen LogP contribution in [0, 0.1) is 11.6 Å². The van der Waals surface area contributed by atoms with Gasteiger partial charge in [0.05, 0.1) is 25.0 Å². The number of benzene rings is 4. The minimum Gasteiger partial charge on any atom is -0.382 e. The number of fused-ring (bicyclic) bond motifs is 1. The molecule has 1 aliphatic heterocycles. The maximum absolute atomic E-state index is 14.9. The van der Waals surface area contributed by atoms with Crippen LogP contribution in [0.4, 0.5) is 14.5 Å². The van der Waals surface area contributed by atoms with Gasteiger partial charge in [-0.1, -0.05) is 42.8 Å². The van der Waals surface area contributed by atoms with Gasteiger partial charge in [-0.25, -0.2) is 18.4 Å². The smallest absolute Gasteiger partial charge is 0.255 e. The van der Waals surface area contributed by atoms with Gasteiger partial charge in [-0.2, -0.15) is 5.10 Å². The molecule has 8 nitrogen and oxygen atoms in total. The molecule has 2 atom stereocenters. The van der Waals surface area contributed by atoms with E-state index in [1.165, 1.54) is 35.2 Å². The number of thioether (sulfide) groups is 1. The van der Waals surface area contributed by atoms with Crippen LogP contribution in [0.15, 0.2) is 91.5 Å². The van der Waals surface area contributed by atoms with Crippen molar-refractivity contribution in [3.05, 3.63) is 125 Å². The fourth-order valence-electron chi connectivity index (χ4n) is 5.28. The molecular weight excluding hydrogens is 622 g/mol. The van der Waals surface area contributed by atoms with Gasteiger partial charge in [0.2, 0.25) is 0 Å². The number of hydrogen-bond acceptors (Lipinski definition) is 7. The first kappa shape index (κ1) is 31.1. The summed E-state index contributed by atoms with van der Waals surface area (Å²) in [5.41, 5.74) is 0.245. The number of nitrogens with one attached hydrogen (secondary N) is 1.